The highest BCUT2D eigenvalue weighted by molar-refractivity contribution is 7.89. The van der Waals surface area contributed by atoms with Crippen LogP contribution in [0.5, 0.6) is 0 Å². The fourth-order valence-electron chi connectivity index (χ4n) is 1.39. The van der Waals surface area contributed by atoms with Crippen molar-refractivity contribution < 1.29 is 17.6 Å². The first-order valence-corrected chi connectivity index (χ1v) is 6.83. The molecule has 0 saturated heterocycles. The highest BCUT2D eigenvalue weighted by Gasteiger charge is 2.14. The van der Waals surface area contributed by atoms with E-state index in [0.717, 1.165) is 18.2 Å². The van der Waals surface area contributed by atoms with Crippen molar-refractivity contribution >= 4 is 21.6 Å². The number of sulfonamides is 1. The van der Waals surface area contributed by atoms with Crippen LogP contribution in [-0.4, -0.2) is 24.5 Å². The van der Waals surface area contributed by atoms with Gasteiger partial charge in [0, 0.05) is 0 Å². The van der Waals surface area contributed by atoms with Crippen LogP contribution in [0.2, 0.25) is 0 Å². The van der Waals surface area contributed by atoms with Gasteiger partial charge in [0.1, 0.15) is 5.82 Å². The van der Waals surface area contributed by atoms with E-state index in [1.807, 2.05) is 0 Å². The van der Waals surface area contributed by atoms with Crippen LogP contribution in [0.4, 0.5) is 10.1 Å². The Kier molecular flexibility index (Phi) is 3.72. The number of hydrogen-bond donors (Lipinski definition) is 2. The van der Waals surface area contributed by atoms with Crippen molar-refractivity contribution in [2.45, 2.75) is 4.90 Å². The number of nitrogens with two attached hydrogens (primary N) is 1. The predicted octanol–water partition coefficient (Wildman–Crippen LogP) is 0.515. The van der Waals surface area contributed by atoms with Crippen molar-refractivity contribution in [1.29, 1.82) is 0 Å². The smallest absolute Gasteiger partial charge is 0.257 e. The number of amides is 1. The first-order chi connectivity index (χ1) is 9.38. The van der Waals surface area contributed by atoms with Crippen LogP contribution >= 0.6 is 0 Å². The lowest BCUT2D eigenvalue weighted by Gasteiger charge is -2.07. The second kappa shape index (κ2) is 5.31. The minimum atomic E-state index is -3.99. The van der Waals surface area contributed by atoms with Crippen LogP contribution in [0, 0.1) is 5.82 Å². The third-order valence-corrected chi connectivity index (χ3v) is 3.27. The lowest BCUT2D eigenvalue weighted by molar-refractivity contribution is 0.102. The van der Waals surface area contributed by atoms with Crippen LogP contribution in [0.25, 0.3) is 0 Å². The summed E-state index contributed by atoms with van der Waals surface area (Å²) < 4.78 is 35.8. The molecule has 2 aromatic rings. The van der Waals surface area contributed by atoms with E-state index in [0.29, 0.717) is 0 Å². The summed E-state index contributed by atoms with van der Waals surface area (Å²) in [7, 11) is -3.99. The molecule has 0 unspecified atom stereocenters. The molecular formula is C11H9FN4O3S. The third-order valence-electron chi connectivity index (χ3n) is 2.36. The standard InChI is InChI=1S/C11H9FN4O3S/c12-9-5-8(20(13,18)19)1-2-10(9)16-11(17)7-3-4-14-15-6-7/h1-6H,(H,16,17)(H2,13,18,19). The van der Waals surface area contributed by atoms with Gasteiger partial charge in [0.05, 0.1) is 28.5 Å². The molecule has 1 aromatic carbocycles. The molecule has 0 spiro atoms. The van der Waals surface area contributed by atoms with Crippen LogP contribution < -0.4 is 10.5 Å². The van der Waals surface area contributed by atoms with Crippen molar-refractivity contribution in [3.63, 3.8) is 0 Å². The van der Waals surface area contributed by atoms with Crippen LogP contribution in [0.1, 0.15) is 10.4 Å². The van der Waals surface area contributed by atoms with E-state index < -0.39 is 21.7 Å². The van der Waals surface area contributed by atoms with Gasteiger partial charge < -0.3 is 5.32 Å². The van der Waals surface area contributed by atoms with Gasteiger partial charge in [-0.05, 0) is 24.3 Å². The summed E-state index contributed by atoms with van der Waals surface area (Å²) in [5.41, 5.74) is 0.0223. The van der Waals surface area contributed by atoms with Gasteiger partial charge in [-0.25, -0.2) is 17.9 Å². The van der Waals surface area contributed by atoms with Crippen molar-refractivity contribution in [1.82, 2.24) is 10.2 Å². The number of nitrogens with zero attached hydrogens (tertiary/aromatic N) is 2. The molecule has 20 heavy (non-hydrogen) atoms. The Morgan fingerprint density at radius 2 is 2.00 bits per heavy atom. The summed E-state index contributed by atoms with van der Waals surface area (Å²) in [6.07, 6.45) is 2.53. The molecule has 3 N–H and O–H groups in total. The van der Waals surface area contributed by atoms with E-state index in [4.69, 9.17) is 5.14 Å². The van der Waals surface area contributed by atoms with E-state index in [1.165, 1.54) is 18.5 Å². The Hall–Kier alpha value is -2.39. The quantitative estimate of drug-likeness (QED) is 0.856. The third kappa shape index (κ3) is 3.13. The number of rotatable bonds is 3. The monoisotopic (exact) mass is 296 g/mol. The van der Waals surface area contributed by atoms with Gasteiger partial charge in [-0.1, -0.05) is 0 Å². The Bertz CT molecular complexity index is 750. The number of nitrogens with one attached hydrogen (secondary N) is 1. The molecular weight excluding hydrogens is 287 g/mol. The van der Waals surface area contributed by atoms with Gasteiger partial charge in [-0.3, -0.25) is 4.79 Å². The average Bonchev–Trinajstić information content (AvgIpc) is 2.41. The molecule has 0 radical (unpaired) electrons. The van der Waals surface area contributed by atoms with Crippen LogP contribution in [0.3, 0.4) is 0 Å². The maximum Gasteiger partial charge on any atom is 0.257 e. The summed E-state index contributed by atoms with van der Waals surface area (Å²) >= 11 is 0. The number of anilines is 1. The van der Waals surface area contributed by atoms with Crippen molar-refractivity contribution in [3.05, 3.63) is 48.0 Å². The lowest BCUT2D eigenvalue weighted by Crippen LogP contribution is -2.15. The number of carbonyl (C=O) groups excluding carboxylic acids is 1. The highest BCUT2D eigenvalue weighted by atomic mass is 32.2. The Balaban J connectivity index is 2.25. The average molecular weight is 296 g/mol. The zero-order chi connectivity index (χ0) is 14.8. The van der Waals surface area contributed by atoms with Gasteiger partial charge in [0.2, 0.25) is 10.0 Å². The van der Waals surface area contributed by atoms with Crippen molar-refractivity contribution in [3.8, 4) is 0 Å². The summed E-state index contributed by atoms with van der Waals surface area (Å²) in [5, 5.41) is 14.2. The second-order valence-corrected chi connectivity index (χ2v) is 5.33. The molecule has 1 amide bonds. The first-order valence-electron chi connectivity index (χ1n) is 5.28. The molecule has 0 bridgehead atoms. The second-order valence-electron chi connectivity index (χ2n) is 3.77. The van der Waals surface area contributed by atoms with E-state index in [-0.39, 0.29) is 16.1 Å². The molecule has 0 aliphatic rings. The summed E-state index contributed by atoms with van der Waals surface area (Å²) in [5.74, 6) is -1.51. The van der Waals surface area contributed by atoms with Gasteiger partial charge in [-0.2, -0.15) is 10.2 Å². The van der Waals surface area contributed by atoms with Gasteiger partial charge in [-0.15, -0.1) is 0 Å². The molecule has 9 heteroatoms. The fourth-order valence-corrected chi connectivity index (χ4v) is 1.92. The maximum atomic E-state index is 13.7. The number of halogens is 1. The SMILES string of the molecule is NS(=O)(=O)c1ccc(NC(=O)c2ccnnc2)c(F)c1. The summed E-state index contributed by atoms with van der Waals surface area (Å²) in [6.45, 7) is 0. The molecule has 0 aliphatic heterocycles. The number of primary sulfonamides is 1. The first kappa shape index (κ1) is 14.0. The van der Waals surface area contributed by atoms with Gasteiger partial charge in [0.25, 0.3) is 5.91 Å². The topological polar surface area (TPSA) is 115 Å². The molecule has 0 saturated carbocycles. The lowest BCUT2D eigenvalue weighted by atomic mass is 10.2. The minimum absolute atomic E-state index is 0.167. The zero-order valence-corrected chi connectivity index (χ0v) is 10.8. The molecule has 2 rings (SSSR count). The largest absolute Gasteiger partial charge is 0.319 e. The molecule has 7 nitrogen and oxygen atoms in total. The Labute approximate surface area is 113 Å². The Morgan fingerprint density at radius 3 is 2.55 bits per heavy atom. The van der Waals surface area contributed by atoms with E-state index in [2.05, 4.69) is 15.5 Å². The normalized spacial score (nSPS) is 11.1. The number of aromatic nitrogens is 2. The van der Waals surface area contributed by atoms with Crippen molar-refractivity contribution in [2.24, 2.45) is 5.14 Å². The van der Waals surface area contributed by atoms with Crippen molar-refractivity contribution in [2.75, 3.05) is 5.32 Å². The number of carbonyl (C=O) groups is 1. The maximum absolute atomic E-state index is 13.7. The molecule has 104 valence electrons. The fraction of sp³-hybridized carbons (Fsp3) is 0. The van der Waals surface area contributed by atoms with E-state index in [9.17, 15) is 17.6 Å². The van der Waals surface area contributed by atoms with Gasteiger partial charge >= 0.3 is 0 Å². The molecule has 0 atom stereocenters. The molecule has 1 aromatic heterocycles. The minimum Gasteiger partial charge on any atom is -0.319 e. The van der Waals surface area contributed by atoms with Crippen LogP contribution in [-0.2, 0) is 10.0 Å². The molecule has 0 aliphatic carbocycles. The number of benzene rings is 1. The molecule has 0 fully saturated rings. The van der Waals surface area contributed by atoms with Gasteiger partial charge in [0.15, 0.2) is 0 Å². The summed E-state index contributed by atoms with van der Waals surface area (Å²) in [4.78, 5) is 11.4. The van der Waals surface area contributed by atoms with E-state index >= 15 is 0 Å². The zero-order valence-electron chi connectivity index (χ0n) is 9.95. The summed E-state index contributed by atoms with van der Waals surface area (Å²) in [6, 6.07) is 4.34. The van der Waals surface area contributed by atoms with Crippen LogP contribution in [0.15, 0.2) is 41.6 Å². The predicted molar refractivity (Wildman–Crippen MR) is 67.8 cm³/mol. The van der Waals surface area contributed by atoms with E-state index in [1.54, 1.807) is 0 Å². The highest BCUT2D eigenvalue weighted by Crippen LogP contribution is 2.18. The Morgan fingerprint density at radius 1 is 1.25 bits per heavy atom. The number of hydrogen-bond acceptors (Lipinski definition) is 5. The molecule has 1 heterocycles.